The van der Waals surface area contributed by atoms with Crippen LogP contribution >= 0.6 is 7.92 Å². The molecule has 3 nitrogen and oxygen atoms in total. The van der Waals surface area contributed by atoms with Gasteiger partial charge in [0.1, 0.15) is 0 Å². The number of hydrogen-bond acceptors (Lipinski definition) is 2. The molecule has 38 heavy (non-hydrogen) atoms. The summed E-state index contributed by atoms with van der Waals surface area (Å²) < 4.78 is 7.73. The average molecular weight is 516 g/mol. The maximum Gasteiger partial charge on any atom is 0.334 e. The molecule has 0 aliphatic rings. The minimum Gasteiger partial charge on any atom is -0.463 e. The van der Waals surface area contributed by atoms with Gasteiger partial charge in [-0.05, 0) is 52.9 Å². The number of carbonyl (C=O) groups is 1. The van der Waals surface area contributed by atoms with Crippen molar-refractivity contribution in [2.24, 2.45) is 0 Å². The molecule has 188 valence electrons. The second-order valence-corrected chi connectivity index (χ2v) is 11.0. The molecule has 0 unspecified atom stereocenters. The number of nitrogens with zero attached hydrogens (tertiary/aromatic N) is 1. The van der Waals surface area contributed by atoms with E-state index in [2.05, 4.69) is 102 Å². The summed E-state index contributed by atoms with van der Waals surface area (Å²) in [5.41, 5.74) is 4.97. The van der Waals surface area contributed by atoms with Gasteiger partial charge in [-0.3, -0.25) is 0 Å². The van der Waals surface area contributed by atoms with Gasteiger partial charge in [0.05, 0.1) is 12.0 Å². The minimum atomic E-state index is -0.787. The van der Waals surface area contributed by atoms with Gasteiger partial charge >= 0.3 is 5.97 Å². The molecule has 0 aliphatic heterocycles. The van der Waals surface area contributed by atoms with Crippen LogP contribution in [0.4, 0.5) is 0 Å². The second kappa shape index (κ2) is 12.4. The molecule has 0 fully saturated rings. The van der Waals surface area contributed by atoms with Crippen LogP contribution < -0.4 is 16.0 Å². The third-order valence-electron chi connectivity index (χ3n) is 6.30. The lowest BCUT2D eigenvalue weighted by Gasteiger charge is -2.22. The van der Waals surface area contributed by atoms with Crippen LogP contribution in [0.25, 0.3) is 11.8 Å². The van der Waals surface area contributed by atoms with E-state index in [0.29, 0.717) is 18.6 Å². The van der Waals surface area contributed by atoms with Crippen molar-refractivity contribution in [3.8, 4) is 5.69 Å². The molecular formula is C34H30NO2P. The van der Waals surface area contributed by atoms with Gasteiger partial charge in [0.25, 0.3) is 0 Å². The second-order valence-electron chi connectivity index (χ2n) is 8.85. The number of carbonyl (C=O) groups excluding carboxylic acids is 1. The quantitative estimate of drug-likeness (QED) is 0.129. The van der Waals surface area contributed by atoms with E-state index in [9.17, 15) is 4.79 Å². The summed E-state index contributed by atoms with van der Waals surface area (Å²) in [6.45, 7) is 2.18. The standard InChI is InChI=1S/C34H30NO2P/c1-2-37-34(36)29(25-27-15-6-3-7-16-27)26-28-17-12-13-22-32(28)35-24-14-23-33(35)38(30-18-8-4-9-19-30)31-20-10-5-11-21-31/h3-25H,2,26H2,1H3/b29-25+. The Labute approximate surface area is 225 Å². The smallest absolute Gasteiger partial charge is 0.334 e. The molecular weight excluding hydrogens is 485 g/mol. The van der Waals surface area contributed by atoms with Gasteiger partial charge < -0.3 is 9.30 Å². The van der Waals surface area contributed by atoms with Crippen molar-refractivity contribution in [3.63, 3.8) is 0 Å². The molecule has 0 spiro atoms. The number of hydrogen-bond donors (Lipinski definition) is 0. The lowest BCUT2D eigenvalue weighted by atomic mass is 10.0. The van der Waals surface area contributed by atoms with Crippen molar-refractivity contribution >= 4 is 36.0 Å². The molecule has 0 radical (unpaired) electrons. The van der Waals surface area contributed by atoms with Crippen LogP contribution in [0.5, 0.6) is 0 Å². The van der Waals surface area contributed by atoms with Gasteiger partial charge in [0.2, 0.25) is 0 Å². The predicted molar refractivity (Wildman–Crippen MR) is 159 cm³/mol. The highest BCUT2D eigenvalue weighted by Crippen LogP contribution is 2.34. The Kier molecular flexibility index (Phi) is 8.28. The maximum atomic E-state index is 13.0. The molecule has 0 aliphatic carbocycles. The number of rotatable bonds is 9. The predicted octanol–water partition coefficient (Wildman–Crippen LogP) is 6.42. The van der Waals surface area contributed by atoms with Crippen LogP contribution in [-0.4, -0.2) is 17.1 Å². The van der Waals surface area contributed by atoms with Crippen LogP contribution in [0.3, 0.4) is 0 Å². The van der Waals surface area contributed by atoms with E-state index in [1.54, 1.807) is 0 Å². The fraction of sp³-hybridized carbons (Fsp3) is 0.0882. The summed E-state index contributed by atoms with van der Waals surface area (Å²) in [6, 6.07) is 44.0. The summed E-state index contributed by atoms with van der Waals surface area (Å²) in [6.07, 6.45) is 4.53. The monoisotopic (exact) mass is 515 g/mol. The fourth-order valence-electron chi connectivity index (χ4n) is 4.58. The van der Waals surface area contributed by atoms with Crippen LogP contribution in [-0.2, 0) is 16.0 Å². The first kappa shape index (κ1) is 25.4. The van der Waals surface area contributed by atoms with Crippen molar-refractivity contribution in [3.05, 3.63) is 150 Å². The van der Waals surface area contributed by atoms with E-state index >= 15 is 0 Å². The number of benzene rings is 4. The molecule has 0 bridgehead atoms. The molecule has 1 heterocycles. The average Bonchev–Trinajstić information content (AvgIpc) is 3.44. The van der Waals surface area contributed by atoms with Gasteiger partial charge in [-0.15, -0.1) is 0 Å². The summed E-state index contributed by atoms with van der Waals surface area (Å²) in [5, 5.41) is 2.59. The summed E-state index contributed by atoms with van der Waals surface area (Å²) >= 11 is 0. The van der Waals surface area contributed by atoms with Gasteiger partial charge in [-0.1, -0.05) is 109 Å². The van der Waals surface area contributed by atoms with Crippen molar-refractivity contribution in [1.82, 2.24) is 4.57 Å². The first-order valence-corrected chi connectivity index (χ1v) is 14.2. The molecule has 4 aromatic carbocycles. The zero-order valence-electron chi connectivity index (χ0n) is 21.4. The Hall–Kier alpha value is -4.20. The van der Waals surface area contributed by atoms with Crippen LogP contribution in [0.1, 0.15) is 18.1 Å². The molecule has 4 heteroatoms. The first-order valence-electron chi connectivity index (χ1n) is 12.8. The van der Waals surface area contributed by atoms with Crippen LogP contribution in [0.2, 0.25) is 0 Å². The number of esters is 1. The van der Waals surface area contributed by atoms with Gasteiger partial charge in [-0.25, -0.2) is 4.79 Å². The fourth-order valence-corrected chi connectivity index (χ4v) is 6.98. The van der Waals surface area contributed by atoms with Crippen LogP contribution in [0, 0.1) is 0 Å². The SMILES string of the molecule is CCOC(=O)/C(=C/c1ccccc1)Cc1ccccc1-n1cccc1P(c1ccccc1)c1ccccc1. The van der Waals surface area contributed by atoms with Crippen molar-refractivity contribution < 1.29 is 9.53 Å². The van der Waals surface area contributed by atoms with E-state index in [0.717, 1.165) is 16.8 Å². The van der Waals surface area contributed by atoms with E-state index in [4.69, 9.17) is 4.74 Å². The van der Waals surface area contributed by atoms with Crippen LogP contribution in [0.15, 0.2) is 139 Å². The number of para-hydroxylation sites is 1. The van der Waals surface area contributed by atoms with Gasteiger partial charge in [0, 0.05) is 31.8 Å². The molecule has 0 saturated carbocycles. The third kappa shape index (κ3) is 5.85. The molecule has 0 amide bonds. The molecule has 5 aromatic rings. The molecule has 0 atom stereocenters. The van der Waals surface area contributed by atoms with E-state index in [1.807, 2.05) is 49.4 Å². The zero-order chi connectivity index (χ0) is 26.2. The van der Waals surface area contributed by atoms with Crippen molar-refractivity contribution in [2.75, 3.05) is 6.61 Å². The van der Waals surface area contributed by atoms with Gasteiger partial charge in [-0.2, -0.15) is 0 Å². The molecule has 1 aromatic heterocycles. The number of aromatic nitrogens is 1. The highest BCUT2D eigenvalue weighted by molar-refractivity contribution is 7.79. The zero-order valence-corrected chi connectivity index (χ0v) is 22.3. The largest absolute Gasteiger partial charge is 0.463 e. The molecule has 0 N–H and O–H groups in total. The van der Waals surface area contributed by atoms with Crippen molar-refractivity contribution in [1.29, 1.82) is 0 Å². The summed E-state index contributed by atoms with van der Waals surface area (Å²) in [5.74, 6) is -0.283. The highest BCUT2D eigenvalue weighted by atomic mass is 31.1. The molecule has 0 saturated heterocycles. The Morgan fingerprint density at radius 1 is 0.737 bits per heavy atom. The summed E-state index contributed by atoms with van der Waals surface area (Å²) in [7, 11) is -0.787. The Balaban J connectivity index is 1.59. The normalized spacial score (nSPS) is 11.5. The third-order valence-corrected chi connectivity index (χ3v) is 8.75. The maximum absolute atomic E-state index is 13.0. The van der Waals surface area contributed by atoms with Crippen molar-refractivity contribution in [2.45, 2.75) is 13.3 Å². The van der Waals surface area contributed by atoms with E-state index in [-0.39, 0.29) is 5.97 Å². The van der Waals surface area contributed by atoms with E-state index in [1.165, 1.54) is 16.0 Å². The Bertz CT molecular complexity index is 1470. The Morgan fingerprint density at radius 3 is 1.95 bits per heavy atom. The topological polar surface area (TPSA) is 31.2 Å². The Morgan fingerprint density at radius 2 is 1.32 bits per heavy atom. The number of ether oxygens (including phenoxy) is 1. The first-order chi connectivity index (χ1) is 18.7. The molecule has 5 rings (SSSR count). The minimum absolute atomic E-state index is 0.283. The summed E-state index contributed by atoms with van der Waals surface area (Å²) in [4.78, 5) is 13.0. The highest BCUT2D eigenvalue weighted by Gasteiger charge is 2.22. The lowest BCUT2D eigenvalue weighted by Crippen LogP contribution is -2.25. The van der Waals surface area contributed by atoms with Gasteiger partial charge in [0.15, 0.2) is 0 Å². The lowest BCUT2D eigenvalue weighted by molar-refractivity contribution is -0.138. The van der Waals surface area contributed by atoms with E-state index < -0.39 is 7.92 Å².